The molecule has 0 aliphatic rings. The molecule has 2 aromatic carbocycles. The fourth-order valence-corrected chi connectivity index (χ4v) is 1.96. The lowest BCUT2D eigenvalue weighted by Gasteiger charge is -2.12. The summed E-state index contributed by atoms with van der Waals surface area (Å²) < 4.78 is 7.04. The molecular weight excluding hydrogens is 276 g/mol. The van der Waals surface area contributed by atoms with Crippen molar-refractivity contribution < 1.29 is 4.74 Å². The zero-order valence-corrected chi connectivity index (χ0v) is 12.1. The Morgan fingerprint density at radius 3 is 2.70 bits per heavy atom. The fourth-order valence-electron chi connectivity index (χ4n) is 1.85. The molecule has 5 heteroatoms. The van der Waals surface area contributed by atoms with Gasteiger partial charge in [-0.15, -0.1) is 4.91 Å². The Morgan fingerprint density at radius 2 is 2.05 bits per heavy atom. The van der Waals surface area contributed by atoms with Crippen LogP contribution in [-0.4, -0.2) is 7.05 Å². The van der Waals surface area contributed by atoms with Gasteiger partial charge in [0.25, 0.3) is 0 Å². The van der Waals surface area contributed by atoms with E-state index < -0.39 is 0 Å². The van der Waals surface area contributed by atoms with Crippen molar-refractivity contribution in [3.05, 3.63) is 58.5 Å². The number of rotatable bonds is 5. The fraction of sp³-hybridized carbons (Fsp3) is 0.200. The van der Waals surface area contributed by atoms with E-state index in [1.54, 1.807) is 25.2 Å². The third-order valence-electron chi connectivity index (χ3n) is 2.87. The number of anilines is 1. The zero-order chi connectivity index (χ0) is 14.5. The summed E-state index contributed by atoms with van der Waals surface area (Å²) in [4.78, 5) is 10.9. The van der Waals surface area contributed by atoms with Crippen LogP contribution in [0.25, 0.3) is 0 Å². The maximum atomic E-state index is 10.9. The van der Waals surface area contributed by atoms with Crippen LogP contribution >= 0.6 is 11.8 Å². The summed E-state index contributed by atoms with van der Waals surface area (Å²) in [5.74, 6) is 0.448. The summed E-state index contributed by atoms with van der Waals surface area (Å²) in [6.45, 7) is 2.41. The Morgan fingerprint density at radius 1 is 1.25 bits per heavy atom. The minimum atomic E-state index is 0.239. The Kier molecular flexibility index (Phi) is 4.58. The molecule has 0 bridgehead atoms. The van der Waals surface area contributed by atoms with Crippen molar-refractivity contribution in [2.24, 2.45) is 5.18 Å². The molecule has 0 radical (unpaired) electrons. The van der Waals surface area contributed by atoms with Crippen LogP contribution in [0.3, 0.4) is 0 Å². The maximum Gasteiger partial charge on any atom is 0.151 e. The van der Waals surface area contributed by atoms with Crippen LogP contribution < -0.4 is 9.16 Å². The number of halogens is 1. The summed E-state index contributed by atoms with van der Waals surface area (Å²) in [7, 11) is 1.68. The maximum absolute atomic E-state index is 10.9. The van der Waals surface area contributed by atoms with Crippen LogP contribution in [0.5, 0.6) is 5.75 Å². The molecule has 0 atom stereocenters. The molecule has 0 saturated heterocycles. The Balaban J connectivity index is 2.15. The van der Waals surface area contributed by atoms with Gasteiger partial charge < -0.3 is 4.74 Å². The molecule has 0 N–H and O–H groups in total. The van der Waals surface area contributed by atoms with Crippen molar-refractivity contribution in [3.8, 4) is 5.75 Å². The number of ether oxygens (including phenoxy) is 1. The summed E-state index contributed by atoms with van der Waals surface area (Å²) in [6.07, 6.45) is 0. The second-order valence-electron chi connectivity index (χ2n) is 4.50. The van der Waals surface area contributed by atoms with Crippen molar-refractivity contribution in [2.45, 2.75) is 13.5 Å². The summed E-state index contributed by atoms with van der Waals surface area (Å²) in [5.41, 5.74) is 3.13. The van der Waals surface area contributed by atoms with E-state index in [2.05, 4.69) is 5.18 Å². The van der Waals surface area contributed by atoms with Crippen LogP contribution in [0.1, 0.15) is 11.1 Å². The van der Waals surface area contributed by atoms with E-state index in [0.29, 0.717) is 18.0 Å². The van der Waals surface area contributed by atoms with Crippen molar-refractivity contribution in [1.82, 2.24) is 0 Å². The molecule has 0 amide bonds. The molecule has 20 heavy (non-hydrogen) atoms. The van der Waals surface area contributed by atoms with E-state index in [-0.39, 0.29) is 5.69 Å². The second-order valence-corrected chi connectivity index (χ2v) is 5.01. The molecule has 0 fully saturated rings. The van der Waals surface area contributed by atoms with Crippen LogP contribution in [0, 0.1) is 11.8 Å². The number of benzene rings is 2. The number of hydrogen-bond donors (Lipinski definition) is 0. The molecule has 4 nitrogen and oxygen atoms in total. The molecule has 2 rings (SSSR count). The highest BCUT2D eigenvalue weighted by atomic mass is 35.5. The largest absolute Gasteiger partial charge is 0.487 e. The molecule has 0 aliphatic heterocycles. The molecule has 0 aliphatic carbocycles. The summed E-state index contributed by atoms with van der Waals surface area (Å²) >= 11 is 5.82. The van der Waals surface area contributed by atoms with Crippen molar-refractivity contribution in [1.29, 1.82) is 0 Å². The first-order valence-electron chi connectivity index (χ1n) is 6.15. The number of nitroso groups, excluding NO2 is 1. The van der Waals surface area contributed by atoms with Crippen LogP contribution in [0.4, 0.5) is 11.4 Å². The molecule has 104 valence electrons. The molecular formula is C15H15ClN2O2. The highest BCUT2D eigenvalue weighted by molar-refractivity contribution is 6.25. The first-order valence-corrected chi connectivity index (χ1v) is 6.49. The Bertz CT molecular complexity index is 615. The molecule has 0 aromatic heterocycles. The van der Waals surface area contributed by atoms with E-state index in [9.17, 15) is 4.91 Å². The van der Waals surface area contributed by atoms with Gasteiger partial charge in [0.1, 0.15) is 12.4 Å². The lowest BCUT2D eigenvalue weighted by molar-refractivity contribution is 0.307. The molecule has 0 unspecified atom stereocenters. The smallest absolute Gasteiger partial charge is 0.151 e. The van der Waals surface area contributed by atoms with E-state index in [4.69, 9.17) is 16.5 Å². The molecule has 2 aromatic rings. The van der Waals surface area contributed by atoms with Gasteiger partial charge in [0.05, 0.1) is 5.69 Å². The lowest BCUT2D eigenvalue weighted by atomic mass is 10.1. The summed E-state index contributed by atoms with van der Waals surface area (Å²) in [6, 6.07) is 13.1. The van der Waals surface area contributed by atoms with Gasteiger partial charge >= 0.3 is 0 Å². The van der Waals surface area contributed by atoms with Gasteiger partial charge in [0.2, 0.25) is 0 Å². The molecule has 0 spiro atoms. The highest BCUT2D eigenvalue weighted by Gasteiger charge is 2.08. The standard InChI is InChI=1S/C15H15ClN2O2/c1-11-4-3-5-12(8-11)10-20-15-7-6-13(18(2)16)9-14(15)17-19/h3-9H,10H2,1-2H3. The topological polar surface area (TPSA) is 41.9 Å². The van der Waals surface area contributed by atoms with Gasteiger partial charge in [-0.1, -0.05) is 29.8 Å². The minimum absolute atomic E-state index is 0.239. The third-order valence-corrected chi connectivity index (χ3v) is 3.07. The van der Waals surface area contributed by atoms with Crippen molar-refractivity contribution in [3.63, 3.8) is 0 Å². The van der Waals surface area contributed by atoms with Gasteiger partial charge in [-0.3, -0.25) is 4.42 Å². The van der Waals surface area contributed by atoms with E-state index in [1.807, 2.05) is 31.2 Å². The van der Waals surface area contributed by atoms with E-state index in [0.717, 1.165) is 5.56 Å². The monoisotopic (exact) mass is 290 g/mol. The van der Waals surface area contributed by atoms with Gasteiger partial charge in [-0.05, 0) is 35.9 Å². The number of aryl methyl sites for hydroxylation is 1. The zero-order valence-electron chi connectivity index (χ0n) is 11.3. The minimum Gasteiger partial charge on any atom is -0.487 e. The summed E-state index contributed by atoms with van der Waals surface area (Å²) in [5, 5.41) is 2.98. The number of hydrogen-bond acceptors (Lipinski definition) is 4. The third kappa shape index (κ3) is 3.48. The predicted octanol–water partition coefficient (Wildman–Crippen LogP) is 4.56. The van der Waals surface area contributed by atoms with Crippen molar-refractivity contribution in [2.75, 3.05) is 11.5 Å². The average Bonchev–Trinajstić information content (AvgIpc) is 2.45. The highest BCUT2D eigenvalue weighted by Crippen LogP contribution is 2.32. The Hall–Kier alpha value is -2.07. The van der Waals surface area contributed by atoms with Crippen LogP contribution in [0.15, 0.2) is 47.6 Å². The molecule has 0 heterocycles. The average molecular weight is 291 g/mol. The van der Waals surface area contributed by atoms with Gasteiger partial charge in [-0.2, -0.15) is 0 Å². The van der Waals surface area contributed by atoms with Crippen LogP contribution in [-0.2, 0) is 6.61 Å². The molecule has 0 saturated carbocycles. The quantitative estimate of drug-likeness (QED) is 0.599. The number of nitrogens with zero attached hydrogens (tertiary/aromatic N) is 2. The van der Waals surface area contributed by atoms with Crippen LogP contribution in [0.2, 0.25) is 0 Å². The van der Waals surface area contributed by atoms with E-state index in [1.165, 1.54) is 9.98 Å². The predicted molar refractivity (Wildman–Crippen MR) is 81.7 cm³/mol. The normalized spacial score (nSPS) is 10.2. The first-order chi connectivity index (χ1) is 9.60. The van der Waals surface area contributed by atoms with Gasteiger partial charge in [0, 0.05) is 18.8 Å². The lowest BCUT2D eigenvalue weighted by Crippen LogP contribution is -2.01. The second kappa shape index (κ2) is 6.39. The van der Waals surface area contributed by atoms with E-state index >= 15 is 0 Å². The Labute approximate surface area is 123 Å². The van der Waals surface area contributed by atoms with Gasteiger partial charge in [-0.25, -0.2) is 0 Å². The SMILES string of the molecule is Cc1cccc(COc2ccc(N(C)Cl)cc2N=O)c1. The van der Waals surface area contributed by atoms with Crippen molar-refractivity contribution >= 4 is 23.2 Å². The van der Waals surface area contributed by atoms with Gasteiger partial charge in [0.15, 0.2) is 5.69 Å². The first kappa shape index (κ1) is 14.3.